The SMILES string of the molecule is O=C(O)c1cc(C2=CCCC2)c[nH]1. The first-order chi connectivity index (χ1) is 6.27. The zero-order valence-corrected chi connectivity index (χ0v) is 7.21. The molecule has 1 aliphatic carbocycles. The molecule has 1 aromatic rings. The van der Waals surface area contributed by atoms with Crippen LogP contribution in [0.25, 0.3) is 5.57 Å². The van der Waals surface area contributed by atoms with Gasteiger partial charge in [-0.2, -0.15) is 0 Å². The predicted octanol–water partition coefficient (Wildman–Crippen LogP) is 2.28. The van der Waals surface area contributed by atoms with E-state index in [0.717, 1.165) is 18.4 Å². The Labute approximate surface area is 76.1 Å². The number of aromatic amines is 1. The van der Waals surface area contributed by atoms with Crippen LogP contribution in [-0.4, -0.2) is 16.1 Å². The number of aromatic carboxylic acids is 1. The van der Waals surface area contributed by atoms with Crippen LogP contribution in [-0.2, 0) is 0 Å². The maximum absolute atomic E-state index is 10.6. The van der Waals surface area contributed by atoms with E-state index in [4.69, 9.17) is 5.11 Å². The number of carboxylic acid groups (broad SMARTS) is 1. The van der Waals surface area contributed by atoms with E-state index in [0.29, 0.717) is 0 Å². The fraction of sp³-hybridized carbons (Fsp3) is 0.300. The van der Waals surface area contributed by atoms with Crippen LogP contribution in [0.4, 0.5) is 0 Å². The normalized spacial score (nSPS) is 15.8. The molecule has 1 heterocycles. The van der Waals surface area contributed by atoms with Crippen LogP contribution in [0.1, 0.15) is 35.3 Å². The average molecular weight is 177 g/mol. The van der Waals surface area contributed by atoms with Crippen molar-refractivity contribution in [2.24, 2.45) is 0 Å². The van der Waals surface area contributed by atoms with Crippen molar-refractivity contribution in [3.05, 3.63) is 29.6 Å². The van der Waals surface area contributed by atoms with E-state index in [1.54, 1.807) is 12.3 Å². The van der Waals surface area contributed by atoms with E-state index in [2.05, 4.69) is 11.1 Å². The summed E-state index contributed by atoms with van der Waals surface area (Å²) in [4.78, 5) is 13.3. The molecule has 0 atom stereocenters. The molecule has 0 aromatic carbocycles. The number of carbonyl (C=O) groups is 1. The largest absolute Gasteiger partial charge is 0.477 e. The molecule has 68 valence electrons. The summed E-state index contributed by atoms with van der Waals surface area (Å²) in [6.07, 6.45) is 7.30. The molecular weight excluding hydrogens is 166 g/mol. The van der Waals surface area contributed by atoms with Gasteiger partial charge in [0.2, 0.25) is 0 Å². The van der Waals surface area contributed by atoms with Gasteiger partial charge in [-0.05, 0) is 36.5 Å². The average Bonchev–Trinajstić information content (AvgIpc) is 2.75. The molecule has 1 aromatic heterocycles. The first kappa shape index (κ1) is 8.10. The minimum absolute atomic E-state index is 0.266. The standard InChI is InChI=1S/C10H11NO2/c12-10(13)9-5-8(6-11-9)7-3-1-2-4-7/h3,5-6,11H,1-2,4H2,(H,12,13). The summed E-state index contributed by atoms with van der Waals surface area (Å²) in [5.74, 6) is -0.898. The molecule has 0 radical (unpaired) electrons. The first-order valence-electron chi connectivity index (χ1n) is 4.38. The summed E-state index contributed by atoms with van der Waals surface area (Å²) in [6.45, 7) is 0. The van der Waals surface area contributed by atoms with Gasteiger partial charge in [-0.1, -0.05) is 6.08 Å². The van der Waals surface area contributed by atoms with Crippen LogP contribution in [0.3, 0.4) is 0 Å². The Morgan fingerprint density at radius 1 is 1.54 bits per heavy atom. The molecule has 0 unspecified atom stereocenters. The van der Waals surface area contributed by atoms with Crippen molar-refractivity contribution in [1.29, 1.82) is 0 Å². The number of carboxylic acids is 1. The summed E-state index contributed by atoms with van der Waals surface area (Å²) in [7, 11) is 0. The summed E-state index contributed by atoms with van der Waals surface area (Å²) < 4.78 is 0. The van der Waals surface area contributed by atoms with Gasteiger partial charge in [-0.25, -0.2) is 4.79 Å². The number of aromatic nitrogens is 1. The molecule has 0 fully saturated rings. The Morgan fingerprint density at radius 3 is 2.92 bits per heavy atom. The monoisotopic (exact) mass is 177 g/mol. The quantitative estimate of drug-likeness (QED) is 0.728. The molecule has 3 nitrogen and oxygen atoms in total. The van der Waals surface area contributed by atoms with Gasteiger partial charge in [-0.3, -0.25) is 0 Å². The van der Waals surface area contributed by atoms with Crippen molar-refractivity contribution < 1.29 is 9.90 Å². The molecule has 0 saturated carbocycles. The molecule has 1 aliphatic rings. The lowest BCUT2D eigenvalue weighted by atomic mass is 10.1. The van der Waals surface area contributed by atoms with E-state index in [-0.39, 0.29) is 5.69 Å². The van der Waals surface area contributed by atoms with Gasteiger partial charge in [-0.15, -0.1) is 0 Å². The number of nitrogens with one attached hydrogen (secondary N) is 1. The molecule has 13 heavy (non-hydrogen) atoms. The van der Waals surface area contributed by atoms with E-state index in [1.165, 1.54) is 12.0 Å². The van der Waals surface area contributed by atoms with E-state index < -0.39 is 5.97 Å². The van der Waals surface area contributed by atoms with Gasteiger partial charge in [0.15, 0.2) is 0 Å². The number of rotatable bonds is 2. The number of H-pyrrole nitrogens is 1. The highest BCUT2D eigenvalue weighted by molar-refractivity contribution is 5.87. The highest BCUT2D eigenvalue weighted by atomic mass is 16.4. The van der Waals surface area contributed by atoms with Crippen LogP contribution in [0.2, 0.25) is 0 Å². The summed E-state index contributed by atoms with van der Waals surface area (Å²) >= 11 is 0. The Morgan fingerprint density at radius 2 is 2.38 bits per heavy atom. The van der Waals surface area contributed by atoms with Gasteiger partial charge in [0, 0.05) is 6.20 Å². The van der Waals surface area contributed by atoms with Crippen molar-refractivity contribution in [2.45, 2.75) is 19.3 Å². The van der Waals surface area contributed by atoms with E-state index >= 15 is 0 Å². The third kappa shape index (κ3) is 1.49. The van der Waals surface area contributed by atoms with E-state index in [9.17, 15) is 4.79 Å². The zero-order valence-electron chi connectivity index (χ0n) is 7.21. The summed E-state index contributed by atoms with van der Waals surface area (Å²) in [5.41, 5.74) is 2.56. The predicted molar refractivity (Wildman–Crippen MR) is 49.6 cm³/mol. The van der Waals surface area contributed by atoms with Crippen molar-refractivity contribution in [3.8, 4) is 0 Å². The molecule has 0 saturated heterocycles. The molecule has 0 bridgehead atoms. The fourth-order valence-corrected chi connectivity index (χ4v) is 1.64. The van der Waals surface area contributed by atoms with Crippen molar-refractivity contribution in [3.63, 3.8) is 0 Å². The Kier molecular flexibility index (Phi) is 1.93. The fourth-order valence-electron chi connectivity index (χ4n) is 1.64. The van der Waals surface area contributed by atoms with Crippen molar-refractivity contribution >= 4 is 11.5 Å². The summed E-state index contributed by atoms with van der Waals surface area (Å²) in [5, 5.41) is 8.69. The maximum atomic E-state index is 10.6. The maximum Gasteiger partial charge on any atom is 0.352 e. The highest BCUT2D eigenvalue weighted by Crippen LogP contribution is 2.27. The smallest absolute Gasteiger partial charge is 0.352 e. The van der Waals surface area contributed by atoms with Gasteiger partial charge in [0.05, 0.1) is 0 Å². The summed E-state index contributed by atoms with van der Waals surface area (Å²) in [6, 6.07) is 1.69. The molecule has 2 N–H and O–H groups in total. The Balaban J connectivity index is 2.27. The van der Waals surface area contributed by atoms with Crippen LogP contribution in [0.5, 0.6) is 0 Å². The minimum Gasteiger partial charge on any atom is -0.477 e. The first-order valence-corrected chi connectivity index (χ1v) is 4.38. The number of allylic oxidation sites excluding steroid dienone is 2. The van der Waals surface area contributed by atoms with Crippen LogP contribution in [0, 0.1) is 0 Å². The second kappa shape index (κ2) is 3.09. The highest BCUT2D eigenvalue weighted by Gasteiger charge is 2.11. The topological polar surface area (TPSA) is 53.1 Å². The molecule has 0 spiro atoms. The molecule has 2 rings (SSSR count). The third-order valence-corrected chi connectivity index (χ3v) is 2.33. The lowest BCUT2D eigenvalue weighted by Crippen LogP contribution is -1.94. The van der Waals surface area contributed by atoms with Gasteiger partial charge >= 0.3 is 5.97 Å². The molecule has 0 amide bonds. The Bertz CT molecular complexity index is 363. The zero-order chi connectivity index (χ0) is 9.26. The number of hydrogen-bond donors (Lipinski definition) is 2. The van der Waals surface area contributed by atoms with Crippen LogP contribution < -0.4 is 0 Å². The van der Waals surface area contributed by atoms with Gasteiger partial charge in [0.25, 0.3) is 0 Å². The lowest BCUT2D eigenvalue weighted by Gasteiger charge is -1.94. The van der Waals surface area contributed by atoms with Crippen LogP contribution >= 0.6 is 0 Å². The molecular formula is C10H11NO2. The van der Waals surface area contributed by atoms with Crippen molar-refractivity contribution in [1.82, 2.24) is 4.98 Å². The van der Waals surface area contributed by atoms with Gasteiger partial charge in [0.1, 0.15) is 5.69 Å². The number of hydrogen-bond acceptors (Lipinski definition) is 1. The Hall–Kier alpha value is -1.51. The second-order valence-corrected chi connectivity index (χ2v) is 3.23. The van der Waals surface area contributed by atoms with Crippen LogP contribution in [0.15, 0.2) is 18.3 Å². The second-order valence-electron chi connectivity index (χ2n) is 3.23. The molecule has 3 heteroatoms. The molecule has 0 aliphatic heterocycles. The lowest BCUT2D eigenvalue weighted by molar-refractivity contribution is 0.0691. The minimum atomic E-state index is -0.898. The van der Waals surface area contributed by atoms with E-state index in [1.807, 2.05) is 0 Å². The van der Waals surface area contributed by atoms with Gasteiger partial charge < -0.3 is 10.1 Å². The third-order valence-electron chi connectivity index (χ3n) is 2.33. The van der Waals surface area contributed by atoms with Crippen molar-refractivity contribution in [2.75, 3.05) is 0 Å².